The zero-order chi connectivity index (χ0) is 14.1. The smallest absolute Gasteiger partial charge is 0.0688 e. The highest BCUT2D eigenvalue weighted by molar-refractivity contribution is 6.35. The number of nitrogens with zero attached hydrogens (tertiary/aromatic N) is 1. The Balaban J connectivity index is 1.91. The molecule has 104 valence electrons. The Morgan fingerprint density at radius 3 is 2.95 bits per heavy atom. The lowest BCUT2D eigenvalue weighted by Gasteiger charge is -2.26. The van der Waals surface area contributed by atoms with Crippen LogP contribution in [0.4, 0.5) is 5.69 Å². The van der Waals surface area contributed by atoms with Crippen molar-refractivity contribution in [3.63, 3.8) is 0 Å². The van der Waals surface area contributed by atoms with Crippen LogP contribution >= 0.6 is 23.2 Å². The molecule has 4 heteroatoms. The van der Waals surface area contributed by atoms with E-state index in [9.17, 15) is 0 Å². The molecular weight excluding hydrogens is 291 g/mol. The molecule has 1 atom stereocenters. The fourth-order valence-electron chi connectivity index (χ4n) is 2.69. The number of hydrogen-bond donors (Lipinski definition) is 1. The Bertz CT molecular complexity index is 640. The molecule has 1 heterocycles. The minimum Gasteiger partial charge on any atom is -0.375 e. The van der Waals surface area contributed by atoms with Gasteiger partial charge in [0.2, 0.25) is 0 Å². The second-order valence-electron chi connectivity index (χ2n) is 5.22. The first-order valence-electron chi connectivity index (χ1n) is 6.81. The number of halogens is 2. The minimum absolute atomic E-state index is 0.205. The van der Waals surface area contributed by atoms with E-state index in [-0.39, 0.29) is 6.04 Å². The average Bonchev–Trinajstić information content (AvgIpc) is 2.45. The molecule has 0 aliphatic heterocycles. The molecule has 0 radical (unpaired) electrons. The summed E-state index contributed by atoms with van der Waals surface area (Å²) >= 11 is 12.5. The van der Waals surface area contributed by atoms with Crippen molar-refractivity contribution >= 4 is 28.9 Å². The Morgan fingerprint density at radius 2 is 2.10 bits per heavy atom. The number of anilines is 1. The van der Waals surface area contributed by atoms with Crippen LogP contribution in [-0.2, 0) is 6.42 Å². The first-order chi connectivity index (χ1) is 9.65. The molecule has 1 unspecified atom stereocenters. The Morgan fingerprint density at radius 1 is 1.25 bits per heavy atom. The van der Waals surface area contributed by atoms with Crippen LogP contribution < -0.4 is 5.32 Å². The molecule has 0 saturated carbocycles. The van der Waals surface area contributed by atoms with Gasteiger partial charge in [0, 0.05) is 11.2 Å². The normalized spacial score (nSPS) is 17.6. The van der Waals surface area contributed by atoms with Crippen molar-refractivity contribution in [2.45, 2.75) is 32.2 Å². The van der Waals surface area contributed by atoms with Crippen LogP contribution in [0, 0.1) is 6.92 Å². The largest absolute Gasteiger partial charge is 0.375 e. The lowest BCUT2D eigenvalue weighted by atomic mass is 9.92. The Kier molecular flexibility index (Phi) is 3.86. The van der Waals surface area contributed by atoms with Gasteiger partial charge in [-0.1, -0.05) is 29.3 Å². The molecular formula is C16H16Cl2N2. The maximum Gasteiger partial charge on any atom is 0.0688 e. The first kappa shape index (κ1) is 13.7. The molecule has 20 heavy (non-hydrogen) atoms. The molecule has 0 bridgehead atoms. The van der Waals surface area contributed by atoms with Crippen LogP contribution in [0.1, 0.15) is 35.7 Å². The van der Waals surface area contributed by atoms with Crippen LogP contribution in [0.2, 0.25) is 10.0 Å². The highest BCUT2D eigenvalue weighted by atomic mass is 35.5. The van der Waals surface area contributed by atoms with Crippen LogP contribution in [-0.4, -0.2) is 4.98 Å². The number of aryl methyl sites for hydroxylation is 2. The van der Waals surface area contributed by atoms with E-state index in [4.69, 9.17) is 23.2 Å². The van der Waals surface area contributed by atoms with E-state index >= 15 is 0 Å². The quantitative estimate of drug-likeness (QED) is 0.826. The van der Waals surface area contributed by atoms with Crippen molar-refractivity contribution in [2.75, 3.05) is 5.32 Å². The van der Waals surface area contributed by atoms with Crippen LogP contribution in [0.3, 0.4) is 0 Å². The van der Waals surface area contributed by atoms with E-state index in [0.29, 0.717) is 5.02 Å². The van der Waals surface area contributed by atoms with Crippen LogP contribution in [0.5, 0.6) is 0 Å². The molecule has 0 fully saturated rings. The highest BCUT2D eigenvalue weighted by Crippen LogP contribution is 2.35. The van der Waals surface area contributed by atoms with Crippen molar-refractivity contribution in [3.05, 3.63) is 57.3 Å². The number of rotatable bonds is 2. The van der Waals surface area contributed by atoms with Gasteiger partial charge in [-0.2, -0.15) is 0 Å². The van der Waals surface area contributed by atoms with Gasteiger partial charge in [-0.05, 0) is 55.5 Å². The zero-order valence-corrected chi connectivity index (χ0v) is 12.8. The summed E-state index contributed by atoms with van der Waals surface area (Å²) in [6.45, 7) is 1.95. The fourth-order valence-corrected chi connectivity index (χ4v) is 3.13. The fraction of sp³-hybridized carbons (Fsp3) is 0.312. The molecule has 1 N–H and O–H groups in total. The SMILES string of the molecule is Cc1cc(Cl)c(NC2CCCc3cccnc32)cc1Cl. The van der Waals surface area contributed by atoms with E-state index in [1.165, 1.54) is 5.56 Å². The minimum atomic E-state index is 0.205. The lowest BCUT2D eigenvalue weighted by molar-refractivity contribution is 0.583. The van der Waals surface area contributed by atoms with Crippen LogP contribution in [0.25, 0.3) is 0 Å². The van der Waals surface area contributed by atoms with Gasteiger partial charge in [-0.3, -0.25) is 4.98 Å². The van der Waals surface area contributed by atoms with Crippen LogP contribution in [0.15, 0.2) is 30.5 Å². The molecule has 2 aromatic rings. The number of pyridine rings is 1. The van der Waals surface area contributed by atoms with Crippen molar-refractivity contribution in [1.82, 2.24) is 4.98 Å². The molecule has 1 aliphatic rings. The first-order valence-corrected chi connectivity index (χ1v) is 7.56. The maximum absolute atomic E-state index is 6.31. The summed E-state index contributed by atoms with van der Waals surface area (Å²) in [5, 5.41) is 4.93. The molecule has 0 amide bonds. The summed E-state index contributed by atoms with van der Waals surface area (Å²) in [5.74, 6) is 0. The molecule has 2 nitrogen and oxygen atoms in total. The van der Waals surface area contributed by atoms with E-state index < -0.39 is 0 Å². The average molecular weight is 307 g/mol. The van der Waals surface area contributed by atoms with Gasteiger partial charge in [-0.15, -0.1) is 0 Å². The molecule has 0 saturated heterocycles. The lowest BCUT2D eigenvalue weighted by Crippen LogP contribution is -2.19. The summed E-state index contributed by atoms with van der Waals surface area (Å²) in [6.07, 6.45) is 5.17. The highest BCUT2D eigenvalue weighted by Gasteiger charge is 2.21. The zero-order valence-electron chi connectivity index (χ0n) is 11.3. The topological polar surface area (TPSA) is 24.9 Å². The number of aromatic nitrogens is 1. The third kappa shape index (κ3) is 2.63. The Hall–Kier alpha value is -1.25. The van der Waals surface area contributed by atoms with Gasteiger partial charge in [0.25, 0.3) is 0 Å². The van der Waals surface area contributed by atoms with Gasteiger partial charge in [0.15, 0.2) is 0 Å². The standard InChI is InChI=1S/C16H16Cl2N2/c1-10-8-13(18)15(9-12(10)17)20-14-6-2-4-11-5-3-7-19-16(11)14/h3,5,7-9,14,20H,2,4,6H2,1H3. The number of fused-ring (bicyclic) bond motifs is 1. The summed E-state index contributed by atoms with van der Waals surface area (Å²) < 4.78 is 0. The third-order valence-electron chi connectivity index (χ3n) is 3.77. The van der Waals surface area contributed by atoms with E-state index in [0.717, 1.165) is 41.2 Å². The molecule has 1 aromatic heterocycles. The second kappa shape index (κ2) is 5.63. The van der Waals surface area contributed by atoms with Crippen molar-refractivity contribution in [1.29, 1.82) is 0 Å². The number of hydrogen-bond acceptors (Lipinski definition) is 2. The second-order valence-corrected chi connectivity index (χ2v) is 6.03. The van der Waals surface area contributed by atoms with Gasteiger partial charge in [-0.25, -0.2) is 0 Å². The van der Waals surface area contributed by atoms with Gasteiger partial charge < -0.3 is 5.32 Å². The summed E-state index contributed by atoms with van der Waals surface area (Å²) in [7, 11) is 0. The van der Waals surface area contributed by atoms with Gasteiger partial charge >= 0.3 is 0 Å². The molecule has 3 rings (SSSR count). The van der Waals surface area contributed by atoms with Gasteiger partial charge in [0.1, 0.15) is 0 Å². The van der Waals surface area contributed by atoms with E-state index in [2.05, 4.69) is 16.4 Å². The molecule has 1 aliphatic carbocycles. The summed E-state index contributed by atoms with van der Waals surface area (Å²) in [4.78, 5) is 4.53. The van der Waals surface area contributed by atoms with Crippen molar-refractivity contribution < 1.29 is 0 Å². The number of benzene rings is 1. The van der Waals surface area contributed by atoms with Crippen molar-refractivity contribution in [3.8, 4) is 0 Å². The monoisotopic (exact) mass is 306 g/mol. The summed E-state index contributed by atoms with van der Waals surface area (Å²) in [5.41, 5.74) is 4.33. The predicted molar refractivity (Wildman–Crippen MR) is 84.7 cm³/mol. The van der Waals surface area contributed by atoms with E-state index in [1.807, 2.05) is 31.3 Å². The molecule has 0 spiro atoms. The summed E-state index contributed by atoms with van der Waals surface area (Å²) in [6, 6.07) is 8.15. The van der Waals surface area contributed by atoms with Crippen molar-refractivity contribution in [2.24, 2.45) is 0 Å². The maximum atomic E-state index is 6.31. The third-order valence-corrected chi connectivity index (χ3v) is 4.49. The molecule has 1 aromatic carbocycles. The number of nitrogens with one attached hydrogen (secondary N) is 1. The van der Waals surface area contributed by atoms with Gasteiger partial charge in [0.05, 0.1) is 22.4 Å². The predicted octanol–water partition coefficient (Wildman–Crippen LogP) is 5.19. The Labute approximate surface area is 129 Å². The van der Waals surface area contributed by atoms with E-state index in [1.54, 1.807) is 0 Å².